The van der Waals surface area contributed by atoms with Gasteiger partial charge in [-0.1, -0.05) is 6.92 Å². The monoisotopic (exact) mass is 286 g/mol. The maximum absolute atomic E-state index is 13.4. The first-order valence-electron chi connectivity index (χ1n) is 6.63. The number of anilines is 1. The topological polar surface area (TPSA) is 70.7 Å². The molecule has 1 heterocycles. The fourth-order valence-electron chi connectivity index (χ4n) is 1.90. The van der Waals surface area contributed by atoms with E-state index in [1.165, 1.54) is 16.8 Å². The van der Waals surface area contributed by atoms with Gasteiger partial charge in [-0.25, -0.2) is 9.07 Å². The van der Waals surface area contributed by atoms with Crippen LogP contribution in [0.15, 0.2) is 35.3 Å². The summed E-state index contributed by atoms with van der Waals surface area (Å²) in [6.45, 7) is 2.91. The standard InChI is InChI=1S/C15H15FN4O/c1-2-3-18-14-7-15(21)20(19-9-14)10-12-4-11(8-17)5-13(16)6-12/h4-7,9,18H,2-3,10H2,1H3. The number of nitrogens with one attached hydrogen (secondary N) is 1. The van der Waals surface area contributed by atoms with Crippen molar-refractivity contribution in [3.63, 3.8) is 0 Å². The minimum atomic E-state index is -0.502. The van der Waals surface area contributed by atoms with Crippen molar-refractivity contribution in [1.82, 2.24) is 9.78 Å². The number of halogens is 1. The van der Waals surface area contributed by atoms with Gasteiger partial charge in [-0.15, -0.1) is 0 Å². The second kappa shape index (κ2) is 6.66. The van der Waals surface area contributed by atoms with Crippen molar-refractivity contribution in [2.24, 2.45) is 0 Å². The van der Waals surface area contributed by atoms with Crippen LogP contribution in [0.4, 0.5) is 10.1 Å². The van der Waals surface area contributed by atoms with Crippen molar-refractivity contribution in [3.8, 4) is 6.07 Å². The van der Waals surface area contributed by atoms with Gasteiger partial charge in [0.05, 0.1) is 30.1 Å². The highest BCUT2D eigenvalue weighted by Crippen LogP contribution is 2.09. The Kier molecular flexibility index (Phi) is 4.67. The summed E-state index contributed by atoms with van der Waals surface area (Å²) < 4.78 is 14.6. The summed E-state index contributed by atoms with van der Waals surface area (Å²) in [6, 6.07) is 7.32. The minimum absolute atomic E-state index is 0.124. The molecule has 0 saturated heterocycles. The third-order valence-corrected chi connectivity index (χ3v) is 2.87. The van der Waals surface area contributed by atoms with E-state index in [0.29, 0.717) is 11.3 Å². The normalized spacial score (nSPS) is 10.1. The number of nitrogens with zero attached hydrogens (tertiary/aromatic N) is 3. The van der Waals surface area contributed by atoms with Crippen LogP contribution in [0.5, 0.6) is 0 Å². The van der Waals surface area contributed by atoms with E-state index in [4.69, 9.17) is 5.26 Å². The molecule has 2 rings (SSSR count). The smallest absolute Gasteiger partial charge is 0.269 e. The Labute approximate surface area is 121 Å². The largest absolute Gasteiger partial charge is 0.384 e. The highest BCUT2D eigenvalue weighted by molar-refractivity contribution is 5.39. The average Bonchev–Trinajstić information content (AvgIpc) is 2.47. The first kappa shape index (κ1) is 14.7. The summed E-state index contributed by atoms with van der Waals surface area (Å²) in [5.41, 5.74) is 1.13. The molecule has 1 aromatic heterocycles. The molecule has 1 aromatic carbocycles. The van der Waals surface area contributed by atoms with Gasteiger partial charge in [0.1, 0.15) is 5.82 Å². The predicted molar refractivity (Wildman–Crippen MR) is 77.5 cm³/mol. The van der Waals surface area contributed by atoms with Gasteiger partial charge in [-0.05, 0) is 30.2 Å². The Morgan fingerprint density at radius 2 is 2.19 bits per heavy atom. The average molecular weight is 286 g/mol. The molecule has 0 unspecified atom stereocenters. The Morgan fingerprint density at radius 1 is 1.38 bits per heavy atom. The molecule has 6 heteroatoms. The first-order chi connectivity index (χ1) is 10.1. The zero-order chi connectivity index (χ0) is 15.2. The van der Waals surface area contributed by atoms with Gasteiger partial charge in [-0.3, -0.25) is 4.79 Å². The van der Waals surface area contributed by atoms with Crippen molar-refractivity contribution in [1.29, 1.82) is 5.26 Å². The van der Waals surface area contributed by atoms with Gasteiger partial charge in [0.15, 0.2) is 0 Å². The van der Waals surface area contributed by atoms with Crippen molar-refractivity contribution in [2.45, 2.75) is 19.9 Å². The van der Waals surface area contributed by atoms with E-state index in [9.17, 15) is 9.18 Å². The van der Waals surface area contributed by atoms with Crippen LogP contribution in [0.25, 0.3) is 0 Å². The summed E-state index contributed by atoms with van der Waals surface area (Å²) in [6.07, 6.45) is 2.50. The van der Waals surface area contributed by atoms with Gasteiger partial charge in [-0.2, -0.15) is 10.4 Å². The lowest BCUT2D eigenvalue weighted by molar-refractivity contribution is 0.610. The van der Waals surface area contributed by atoms with E-state index in [0.717, 1.165) is 19.0 Å². The summed E-state index contributed by atoms with van der Waals surface area (Å²) in [5.74, 6) is -0.502. The number of nitriles is 1. The molecule has 0 bridgehead atoms. The fraction of sp³-hybridized carbons (Fsp3) is 0.267. The van der Waals surface area contributed by atoms with E-state index in [2.05, 4.69) is 10.4 Å². The summed E-state index contributed by atoms with van der Waals surface area (Å²) >= 11 is 0. The minimum Gasteiger partial charge on any atom is -0.384 e. The van der Waals surface area contributed by atoms with Crippen LogP contribution in [0.2, 0.25) is 0 Å². The van der Waals surface area contributed by atoms with E-state index in [-0.39, 0.29) is 17.7 Å². The zero-order valence-corrected chi connectivity index (χ0v) is 11.6. The molecular formula is C15H15FN4O. The van der Waals surface area contributed by atoms with Gasteiger partial charge in [0.2, 0.25) is 0 Å². The number of hydrogen-bond acceptors (Lipinski definition) is 4. The molecule has 0 aliphatic heterocycles. The van der Waals surface area contributed by atoms with Gasteiger partial charge in [0.25, 0.3) is 5.56 Å². The first-order valence-corrected chi connectivity index (χ1v) is 6.63. The van der Waals surface area contributed by atoms with Crippen LogP contribution < -0.4 is 10.9 Å². The van der Waals surface area contributed by atoms with Gasteiger partial charge >= 0.3 is 0 Å². The number of aromatic nitrogens is 2. The molecule has 1 N–H and O–H groups in total. The Bertz CT molecular complexity index is 733. The molecule has 108 valence electrons. The van der Waals surface area contributed by atoms with Crippen LogP contribution in [0.1, 0.15) is 24.5 Å². The Hall–Kier alpha value is -2.68. The van der Waals surface area contributed by atoms with Crippen LogP contribution in [0.3, 0.4) is 0 Å². The molecule has 0 fully saturated rings. The number of hydrogen-bond donors (Lipinski definition) is 1. The van der Waals surface area contributed by atoms with E-state index >= 15 is 0 Å². The number of rotatable bonds is 5. The molecule has 0 radical (unpaired) electrons. The van der Waals surface area contributed by atoms with E-state index in [1.54, 1.807) is 12.3 Å². The van der Waals surface area contributed by atoms with Crippen LogP contribution in [-0.2, 0) is 6.54 Å². The third kappa shape index (κ3) is 3.89. The zero-order valence-electron chi connectivity index (χ0n) is 11.6. The van der Waals surface area contributed by atoms with Crippen molar-refractivity contribution in [3.05, 3.63) is 57.8 Å². The lowest BCUT2D eigenvalue weighted by Crippen LogP contribution is -2.23. The molecule has 5 nitrogen and oxygen atoms in total. The van der Waals surface area contributed by atoms with Crippen LogP contribution in [-0.4, -0.2) is 16.3 Å². The fourth-order valence-corrected chi connectivity index (χ4v) is 1.90. The predicted octanol–water partition coefficient (Wildman–Crippen LogP) is 2.12. The SMILES string of the molecule is CCCNc1cnn(Cc2cc(F)cc(C#N)c2)c(=O)c1. The second-order valence-corrected chi connectivity index (χ2v) is 4.63. The lowest BCUT2D eigenvalue weighted by Gasteiger charge is -2.08. The quantitative estimate of drug-likeness (QED) is 0.914. The summed E-state index contributed by atoms with van der Waals surface area (Å²) in [7, 11) is 0. The Balaban J connectivity index is 2.22. The van der Waals surface area contributed by atoms with Crippen LogP contribution >= 0.6 is 0 Å². The summed E-state index contributed by atoms with van der Waals surface area (Å²) in [5, 5.41) is 15.9. The molecular weight excluding hydrogens is 271 g/mol. The van der Waals surface area contributed by atoms with Gasteiger partial charge < -0.3 is 5.32 Å². The maximum Gasteiger partial charge on any atom is 0.269 e. The molecule has 0 aliphatic carbocycles. The molecule has 21 heavy (non-hydrogen) atoms. The second-order valence-electron chi connectivity index (χ2n) is 4.63. The highest BCUT2D eigenvalue weighted by atomic mass is 19.1. The molecule has 0 amide bonds. The molecule has 2 aromatic rings. The van der Waals surface area contributed by atoms with Gasteiger partial charge in [0, 0.05) is 12.6 Å². The Morgan fingerprint density at radius 3 is 2.86 bits per heavy atom. The number of benzene rings is 1. The van der Waals surface area contributed by atoms with Crippen LogP contribution in [0, 0.1) is 17.1 Å². The molecule has 0 atom stereocenters. The highest BCUT2D eigenvalue weighted by Gasteiger charge is 2.04. The maximum atomic E-state index is 13.4. The van der Waals surface area contributed by atoms with Crippen molar-refractivity contribution in [2.75, 3.05) is 11.9 Å². The van der Waals surface area contributed by atoms with Crippen molar-refractivity contribution < 1.29 is 4.39 Å². The van der Waals surface area contributed by atoms with E-state index < -0.39 is 5.82 Å². The third-order valence-electron chi connectivity index (χ3n) is 2.87. The van der Waals surface area contributed by atoms with Crippen molar-refractivity contribution >= 4 is 5.69 Å². The lowest BCUT2D eigenvalue weighted by atomic mass is 10.1. The van der Waals surface area contributed by atoms with E-state index in [1.807, 2.05) is 13.0 Å². The molecule has 0 aliphatic rings. The molecule has 0 spiro atoms. The summed E-state index contributed by atoms with van der Waals surface area (Å²) in [4.78, 5) is 11.9. The molecule has 0 saturated carbocycles.